The maximum atomic E-state index is 2.33. The summed E-state index contributed by atoms with van der Waals surface area (Å²) in [6, 6.07) is 21.7. The molecule has 3 rings (SSSR count). The summed E-state index contributed by atoms with van der Waals surface area (Å²) in [6.07, 6.45) is 10.2. The van der Waals surface area contributed by atoms with Gasteiger partial charge in [0.25, 0.3) is 0 Å². The maximum Gasteiger partial charge on any atom is 0.243 e. The van der Waals surface area contributed by atoms with E-state index in [4.69, 9.17) is 0 Å². The molecular formula is C22H27N2+. The van der Waals surface area contributed by atoms with Crippen molar-refractivity contribution < 1.29 is 4.57 Å². The Balaban J connectivity index is 1.76. The molecule has 24 heavy (non-hydrogen) atoms. The van der Waals surface area contributed by atoms with E-state index < -0.39 is 0 Å². The monoisotopic (exact) mass is 319 g/mol. The van der Waals surface area contributed by atoms with Crippen LogP contribution in [0, 0.1) is 0 Å². The number of hydrogen-bond donors (Lipinski definition) is 0. The number of unbranched alkanes of at least 4 members (excludes halogenated alkanes) is 1. The molecule has 0 aliphatic carbocycles. The number of imidazole rings is 1. The molecular weight excluding hydrogens is 292 g/mol. The molecule has 1 aromatic heterocycles. The van der Waals surface area contributed by atoms with Crippen molar-refractivity contribution in [1.82, 2.24) is 4.57 Å². The Labute approximate surface area is 145 Å². The zero-order valence-electron chi connectivity index (χ0n) is 14.5. The van der Waals surface area contributed by atoms with Crippen LogP contribution in [-0.2, 0) is 19.5 Å². The standard InChI is InChI=1S/C22H27N2/c1-2-3-14-23-15-16-24(19-23)18-22(21-12-8-5-9-13-21)17-20-10-6-4-7-11-20/h4-13,15-16,19,22H,2-3,14,17-18H2,1H3/q+1. The Morgan fingerprint density at radius 3 is 2.38 bits per heavy atom. The molecule has 0 radical (unpaired) electrons. The van der Waals surface area contributed by atoms with E-state index in [1.807, 2.05) is 0 Å². The third kappa shape index (κ3) is 4.58. The van der Waals surface area contributed by atoms with Gasteiger partial charge in [0.1, 0.15) is 12.4 Å². The highest BCUT2D eigenvalue weighted by Crippen LogP contribution is 2.21. The van der Waals surface area contributed by atoms with Gasteiger partial charge in [-0.05, 0) is 24.0 Å². The van der Waals surface area contributed by atoms with Crippen molar-refractivity contribution in [2.45, 2.75) is 45.2 Å². The topological polar surface area (TPSA) is 8.81 Å². The molecule has 0 aliphatic rings. The number of hydrogen-bond acceptors (Lipinski definition) is 0. The number of aryl methyl sites for hydroxylation is 1. The van der Waals surface area contributed by atoms with Crippen molar-refractivity contribution in [3.63, 3.8) is 0 Å². The van der Waals surface area contributed by atoms with Gasteiger partial charge in [0.05, 0.1) is 13.1 Å². The summed E-state index contributed by atoms with van der Waals surface area (Å²) in [6.45, 7) is 4.36. The first-order chi connectivity index (χ1) is 11.8. The van der Waals surface area contributed by atoms with E-state index in [1.165, 1.54) is 24.0 Å². The van der Waals surface area contributed by atoms with Gasteiger partial charge >= 0.3 is 0 Å². The van der Waals surface area contributed by atoms with Gasteiger partial charge in [-0.1, -0.05) is 74.0 Å². The number of aromatic nitrogens is 2. The van der Waals surface area contributed by atoms with E-state index in [1.54, 1.807) is 0 Å². The van der Waals surface area contributed by atoms with Gasteiger partial charge in [0.15, 0.2) is 0 Å². The van der Waals surface area contributed by atoms with Gasteiger partial charge in [-0.15, -0.1) is 0 Å². The minimum absolute atomic E-state index is 0.487. The molecule has 124 valence electrons. The Bertz CT molecular complexity index is 716. The van der Waals surface area contributed by atoms with E-state index in [2.05, 4.69) is 95.4 Å². The minimum Gasteiger partial charge on any atom is -0.237 e. The Hall–Kier alpha value is -2.35. The van der Waals surface area contributed by atoms with Crippen LogP contribution in [0.3, 0.4) is 0 Å². The van der Waals surface area contributed by atoms with E-state index in [-0.39, 0.29) is 0 Å². The van der Waals surface area contributed by atoms with Crippen LogP contribution in [0.25, 0.3) is 0 Å². The fourth-order valence-electron chi connectivity index (χ4n) is 3.19. The molecule has 0 saturated carbocycles. The van der Waals surface area contributed by atoms with Crippen molar-refractivity contribution in [2.24, 2.45) is 0 Å². The summed E-state index contributed by atoms with van der Waals surface area (Å²) in [4.78, 5) is 0. The predicted molar refractivity (Wildman–Crippen MR) is 98.9 cm³/mol. The lowest BCUT2D eigenvalue weighted by Gasteiger charge is -2.15. The Morgan fingerprint density at radius 1 is 0.958 bits per heavy atom. The van der Waals surface area contributed by atoms with Crippen molar-refractivity contribution in [3.05, 3.63) is 90.5 Å². The fraction of sp³-hybridized carbons (Fsp3) is 0.318. The number of nitrogens with zero attached hydrogens (tertiary/aromatic N) is 2. The Kier molecular flexibility index (Phi) is 5.84. The van der Waals surface area contributed by atoms with Crippen LogP contribution in [0.15, 0.2) is 79.4 Å². The molecule has 0 fully saturated rings. The van der Waals surface area contributed by atoms with Gasteiger partial charge in [-0.25, -0.2) is 9.13 Å². The van der Waals surface area contributed by atoms with Crippen molar-refractivity contribution >= 4 is 0 Å². The molecule has 3 aromatic rings. The molecule has 1 atom stereocenters. The summed E-state index contributed by atoms with van der Waals surface area (Å²) in [5.74, 6) is 0.487. The molecule has 0 spiro atoms. The van der Waals surface area contributed by atoms with E-state index in [9.17, 15) is 0 Å². The van der Waals surface area contributed by atoms with Crippen LogP contribution in [0.2, 0.25) is 0 Å². The smallest absolute Gasteiger partial charge is 0.237 e. The molecule has 0 saturated heterocycles. The first kappa shape index (κ1) is 16.5. The van der Waals surface area contributed by atoms with Crippen LogP contribution in [0.5, 0.6) is 0 Å². The summed E-state index contributed by atoms with van der Waals surface area (Å²) in [5, 5.41) is 0. The van der Waals surface area contributed by atoms with Crippen LogP contribution in [0.1, 0.15) is 36.8 Å². The summed E-state index contributed by atoms with van der Waals surface area (Å²) < 4.78 is 4.63. The summed E-state index contributed by atoms with van der Waals surface area (Å²) in [7, 11) is 0. The largest absolute Gasteiger partial charge is 0.243 e. The van der Waals surface area contributed by atoms with Gasteiger partial charge in [-0.2, -0.15) is 0 Å². The van der Waals surface area contributed by atoms with Crippen LogP contribution in [0.4, 0.5) is 0 Å². The second-order valence-electron chi connectivity index (χ2n) is 6.50. The lowest BCUT2D eigenvalue weighted by atomic mass is 9.92. The number of benzene rings is 2. The van der Waals surface area contributed by atoms with Crippen LogP contribution < -0.4 is 4.57 Å². The summed E-state index contributed by atoms with van der Waals surface area (Å²) >= 11 is 0. The lowest BCUT2D eigenvalue weighted by molar-refractivity contribution is -0.699. The molecule has 2 aromatic carbocycles. The second kappa shape index (κ2) is 8.49. The third-order valence-electron chi connectivity index (χ3n) is 4.54. The average Bonchev–Trinajstić information content (AvgIpc) is 3.08. The normalized spacial score (nSPS) is 12.2. The quantitative estimate of drug-likeness (QED) is 0.536. The molecule has 1 unspecified atom stereocenters. The highest BCUT2D eigenvalue weighted by atomic mass is 15.1. The van der Waals surface area contributed by atoms with Gasteiger partial charge in [0, 0.05) is 5.92 Å². The molecule has 0 amide bonds. The molecule has 0 bridgehead atoms. The van der Waals surface area contributed by atoms with Gasteiger partial charge < -0.3 is 0 Å². The van der Waals surface area contributed by atoms with Gasteiger partial charge in [-0.3, -0.25) is 0 Å². The molecule has 0 N–H and O–H groups in total. The number of rotatable bonds is 8. The second-order valence-corrected chi connectivity index (χ2v) is 6.50. The van der Waals surface area contributed by atoms with Crippen LogP contribution >= 0.6 is 0 Å². The van der Waals surface area contributed by atoms with Gasteiger partial charge in [0.2, 0.25) is 6.33 Å². The maximum absolute atomic E-state index is 2.33. The van der Waals surface area contributed by atoms with Crippen molar-refractivity contribution in [3.8, 4) is 0 Å². The zero-order valence-corrected chi connectivity index (χ0v) is 14.5. The fourth-order valence-corrected chi connectivity index (χ4v) is 3.19. The molecule has 0 aliphatic heterocycles. The first-order valence-corrected chi connectivity index (χ1v) is 8.99. The lowest BCUT2D eigenvalue weighted by Crippen LogP contribution is -2.35. The minimum atomic E-state index is 0.487. The summed E-state index contributed by atoms with van der Waals surface area (Å²) in [5.41, 5.74) is 2.81. The predicted octanol–water partition coefficient (Wildman–Crippen LogP) is 4.60. The van der Waals surface area contributed by atoms with E-state index in [0.29, 0.717) is 5.92 Å². The van der Waals surface area contributed by atoms with Crippen LogP contribution in [-0.4, -0.2) is 4.57 Å². The average molecular weight is 319 g/mol. The molecule has 2 heteroatoms. The Morgan fingerprint density at radius 2 is 1.67 bits per heavy atom. The van der Waals surface area contributed by atoms with E-state index in [0.717, 1.165) is 19.5 Å². The third-order valence-corrected chi connectivity index (χ3v) is 4.54. The van der Waals surface area contributed by atoms with E-state index >= 15 is 0 Å². The zero-order chi connectivity index (χ0) is 16.6. The van der Waals surface area contributed by atoms with Crippen molar-refractivity contribution in [1.29, 1.82) is 0 Å². The highest BCUT2D eigenvalue weighted by molar-refractivity contribution is 5.23. The van der Waals surface area contributed by atoms with Crippen molar-refractivity contribution in [2.75, 3.05) is 0 Å². The molecule has 1 heterocycles. The molecule has 2 nitrogen and oxygen atoms in total. The highest BCUT2D eigenvalue weighted by Gasteiger charge is 2.16. The first-order valence-electron chi connectivity index (χ1n) is 8.99. The SMILES string of the molecule is CCCCn1cc[n+](CC(Cc2ccccc2)c2ccccc2)c1.